The Labute approximate surface area is 118 Å². The Balaban J connectivity index is 2.06. The van der Waals surface area contributed by atoms with Gasteiger partial charge in [0, 0.05) is 6.04 Å². The van der Waals surface area contributed by atoms with Gasteiger partial charge < -0.3 is 5.32 Å². The van der Waals surface area contributed by atoms with E-state index in [1.54, 1.807) is 0 Å². The summed E-state index contributed by atoms with van der Waals surface area (Å²) >= 11 is 0. The van der Waals surface area contributed by atoms with Crippen molar-refractivity contribution in [3.05, 3.63) is 0 Å². The molecular weight excluding hydrogens is 258 g/mol. The first kappa shape index (κ1) is 15.3. The van der Waals surface area contributed by atoms with Gasteiger partial charge in [0.25, 0.3) is 0 Å². The zero-order valence-corrected chi connectivity index (χ0v) is 13.1. The van der Waals surface area contributed by atoms with Crippen LogP contribution >= 0.6 is 0 Å². The molecule has 0 aromatic heterocycles. The van der Waals surface area contributed by atoms with E-state index in [9.17, 15) is 8.42 Å². The van der Waals surface area contributed by atoms with Crippen LogP contribution in [0.25, 0.3) is 0 Å². The molecule has 19 heavy (non-hydrogen) atoms. The van der Waals surface area contributed by atoms with E-state index in [2.05, 4.69) is 12.2 Å². The highest BCUT2D eigenvalue weighted by Crippen LogP contribution is 2.32. The molecule has 2 fully saturated rings. The van der Waals surface area contributed by atoms with Gasteiger partial charge in [-0.15, -0.1) is 0 Å². The Morgan fingerprint density at radius 3 is 2.26 bits per heavy atom. The quantitative estimate of drug-likeness (QED) is 0.845. The molecule has 0 aromatic rings. The smallest absolute Gasteiger partial charge is 0.157 e. The molecule has 0 aromatic carbocycles. The Bertz CT molecular complexity index is 360. The lowest BCUT2D eigenvalue weighted by Crippen LogP contribution is -2.49. The molecule has 0 amide bonds. The molecule has 0 heterocycles. The third-order valence-corrected chi connectivity index (χ3v) is 7.61. The highest BCUT2D eigenvalue weighted by molar-refractivity contribution is 7.92. The van der Waals surface area contributed by atoms with Gasteiger partial charge in [-0.2, -0.15) is 0 Å². The van der Waals surface area contributed by atoms with E-state index in [1.165, 1.54) is 12.8 Å². The van der Waals surface area contributed by atoms with E-state index in [0.717, 1.165) is 57.9 Å². The van der Waals surface area contributed by atoms with Crippen molar-refractivity contribution in [3.63, 3.8) is 0 Å². The highest BCUT2D eigenvalue weighted by atomic mass is 32.2. The molecule has 2 saturated carbocycles. The maximum atomic E-state index is 12.9. The maximum absolute atomic E-state index is 12.9. The van der Waals surface area contributed by atoms with Crippen molar-refractivity contribution in [1.82, 2.24) is 5.32 Å². The fourth-order valence-electron chi connectivity index (χ4n) is 3.69. The molecule has 0 aliphatic heterocycles. The Morgan fingerprint density at radius 2 is 1.58 bits per heavy atom. The molecule has 2 unspecified atom stereocenters. The van der Waals surface area contributed by atoms with Crippen molar-refractivity contribution >= 4 is 9.84 Å². The van der Waals surface area contributed by atoms with Crippen molar-refractivity contribution in [3.8, 4) is 0 Å². The first-order valence-corrected chi connectivity index (χ1v) is 9.73. The summed E-state index contributed by atoms with van der Waals surface area (Å²) in [7, 11) is -2.93. The summed E-state index contributed by atoms with van der Waals surface area (Å²) in [6, 6.07) is 0.209. The summed E-state index contributed by atoms with van der Waals surface area (Å²) in [5, 5.41) is 3.33. The van der Waals surface area contributed by atoms with Gasteiger partial charge >= 0.3 is 0 Å². The summed E-state index contributed by atoms with van der Waals surface area (Å²) in [6.07, 6.45) is 10.5. The van der Waals surface area contributed by atoms with Gasteiger partial charge in [-0.1, -0.05) is 39.0 Å². The molecule has 0 spiro atoms. The minimum Gasteiger partial charge on any atom is -0.313 e. The fraction of sp³-hybridized carbons (Fsp3) is 1.00. The molecule has 2 aliphatic rings. The van der Waals surface area contributed by atoms with E-state index < -0.39 is 9.84 Å². The van der Waals surface area contributed by atoms with E-state index in [4.69, 9.17) is 0 Å². The minimum atomic E-state index is -2.93. The number of sulfone groups is 1. The van der Waals surface area contributed by atoms with Crippen molar-refractivity contribution in [2.24, 2.45) is 0 Å². The SMILES string of the molecule is CCCNC1CCCCC1S(=O)(=O)C1CCCCC1. The van der Waals surface area contributed by atoms with Crippen molar-refractivity contribution in [2.45, 2.75) is 87.7 Å². The van der Waals surface area contributed by atoms with Crippen LogP contribution in [-0.4, -0.2) is 31.5 Å². The van der Waals surface area contributed by atoms with Gasteiger partial charge in [0.1, 0.15) is 0 Å². The number of hydrogen-bond donors (Lipinski definition) is 1. The summed E-state index contributed by atoms with van der Waals surface area (Å²) in [4.78, 5) is 0. The predicted octanol–water partition coefficient (Wildman–Crippen LogP) is 3.04. The molecule has 112 valence electrons. The average molecular weight is 287 g/mol. The number of nitrogens with one attached hydrogen (secondary N) is 1. The molecule has 0 radical (unpaired) electrons. The van der Waals surface area contributed by atoms with E-state index in [1.807, 2.05) is 0 Å². The van der Waals surface area contributed by atoms with Crippen LogP contribution in [0.5, 0.6) is 0 Å². The molecule has 2 atom stereocenters. The van der Waals surface area contributed by atoms with Gasteiger partial charge in [0.05, 0.1) is 10.5 Å². The molecule has 2 aliphatic carbocycles. The van der Waals surface area contributed by atoms with Crippen molar-refractivity contribution in [2.75, 3.05) is 6.54 Å². The Hall–Kier alpha value is -0.0900. The van der Waals surface area contributed by atoms with Crippen LogP contribution in [-0.2, 0) is 9.84 Å². The molecule has 3 nitrogen and oxygen atoms in total. The fourth-order valence-corrected chi connectivity index (χ4v) is 6.36. The lowest BCUT2D eigenvalue weighted by Gasteiger charge is -2.35. The molecule has 0 saturated heterocycles. The van der Waals surface area contributed by atoms with Gasteiger partial charge in [0.2, 0.25) is 0 Å². The third-order valence-electron chi connectivity index (χ3n) is 4.80. The summed E-state index contributed by atoms with van der Waals surface area (Å²) in [6.45, 7) is 3.09. The van der Waals surface area contributed by atoms with Gasteiger partial charge in [-0.05, 0) is 38.6 Å². The van der Waals surface area contributed by atoms with Crippen LogP contribution in [0.2, 0.25) is 0 Å². The lowest BCUT2D eigenvalue weighted by molar-refractivity contribution is 0.365. The van der Waals surface area contributed by atoms with E-state index in [-0.39, 0.29) is 16.5 Å². The molecular formula is C15H29NO2S. The topological polar surface area (TPSA) is 46.2 Å². The molecule has 0 bridgehead atoms. The summed E-state index contributed by atoms with van der Waals surface area (Å²) < 4.78 is 25.7. The standard InChI is InChI=1S/C15H29NO2S/c1-2-12-16-14-10-6-7-11-15(14)19(17,18)13-8-4-3-5-9-13/h13-16H,2-12H2,1H3. The average Bonchev–Trinajstić information content (AvgIpc) is 2.46. The van der Waals surface area contributed by atoms with Crippen molar-refractivity contribution < 1.29 is 8.42 Å². The highest BCUT2D eigenvalue weighted by Gasteiger charge is 2.40. The normalized spacial score (nSPS) is 30.4. The zero-order chi connectivity index (χ0) is 13.7. The van der Waals surface area contributed by atoms with Crippen LogP contribution in [0.1, 0.15) is 71.1 Å². The third kappa shape index (κ3) is 3.72. The second-order valence-corrected chi connectivity index (χ2v) is 8.68. The molecule has 2 rings (SSSR count). The van der Waals surface area contributed by atoms with Crippen LogP contribution in [0.15, 0.2) is 0 Å². The second-order valence-electron chi connectivity index (χ2n) is 6.23. The monoisotopic (exact) mass is 287 g/mol. The summed E-state index contributed by atoms with van der Waals surface area (Å²) in [5.41, 5.74) is 0. The Kier molecular flexibility index (Phi) is 5.70. The van der Waals surface area contributed by atoms with Crippen LogP contribution in [0.4, 0.5) is 0 Å². The maximum Gasteiger partial charge on any atom is 0.157 e. The zero-order valence-electron chi connectivity index (χ0n) is 12.2. The second kappa shape index (κ2) is 7.07. The largest absolute Gasteiger partial charge is 0.313 e. The lowest BCUT2D eigenvalue weighted by atomic mass is 9.95. The first-order chi connectivity index (χ1) is 9.16. The summed E-state index contributed by atoms with van der Waals surface area (Å²) in [5.74, 6) is 0. The predicted molar refractivity (Wildman–Crippen MR) is 80.1 cm³/mol. The van der Waals surface area contributed by atoms with E-state index in [0.29, 0.717) is 0 Å². The van der Waals surface area contributed by atoms with Crippen molar-refractivity contribution in [1.29, 1.82) is 0 Å². The molecule has 1 N–H and O–H groups in total. The van der Waals surface area contributed by atoms with Gasteiger partial charge in [-0.3, -0.25) is 0 Å². The van der Waals surface area contributed by atoms with Gasteiger partial charge in [0.15, 0.2) is 9.84 Å². The van der Waals surface area contributed by atoms with E-state index >= 15 is 0 Å². The van der Waals surface area contributed by atoms with Crippen LogP contribution < -0.4 is 5.32 Å². The minimum absolute atomic E-state index is 0.0460. The van der Waals surface area contributed by atoms with Gasteiger partial charge in [-0.25, -0.2) is 8.42 Å². The first-order valence-electron chi connectivity index (χ1n) is 8.12. The number of hydrogen-bond acceptors (Lipinski definition) is 3. The van der Waals surface area contributed by atoms with Crippen LogP contribution in [0.3, 0.4) is 0 Å². The molecule has 4 heteroatoms. The van der Waals surface area contributed by atoms with Crippen LogP contribution in [0, 0.1) is 0 Å². The Morgan fingerprint density at radius 1 is 0.947 bits per heavy atom. The number of rotatable bonds is 5.